The number of carbonyl (C=O) groups excluding carboxylic acids is 2. The number of hydrogen-bond donors (Lipinski definition) is 1. The molecule has 0 aliphatic heterocycles. The van der Waals surface area contributed by atoms with Crippen LogP contribution in [0, 0.1) is 0 Å². The van der Waals surface area contributed by atoms with Crippen molar-refractivity contribution in [3.63, 3.8) is 0 Å². The number of hydrogen-bond acceptors (Lipinski definition) is 4. The maximum absolute atomic E-state index is 12.7. The van der Waals surface area contributed by atoms with Gasteiger partial charge in [0.25, 0.3) is 0 Å². The van der Waals surface area contributed by atoms with Crippen molar-refractivity contribution < 1.29 is 27.5 Å². The van der Waals surface area contributed by atoms with Gasteiger partial charge in [0, 0.05) is 12.2 Å². The molecule has 0 aliphatic rings. The monoisotopic (exact) mass is 394 g/mol. The molecule has 0 unspecified atom stereocenters. The highest BCUT2D eigenvalue weighted by molar-refractivity contribution is 5.92. The molecule has 1 amide bonds. The van der Waals surface area contributed by atoms with Gasteiger partial charge in [0.05, 0.1) is 25.3 Å². The number of carbonyl (C=O) groups is 2. The van der Waals surface area contributed by atoms with Crippen molar-refractivity contribution in [2.75, 3.05) is 25.0 Å². The summed E-state index contributed by atoms with van der Waals surface area (Å²) in [6.07, 6.45) is -4.42. The summed E-state index contributed by atoms with van der Waals surface area (Å²) in [5.74, 6) is -0.857. The summed E-state index contributed by atoms with van der Waals surface area (Å²) in [5, 5.41) is 2.71. The van der Waals surface area contributed by atoms with Gasteiger partial charge in [-0.1, -0.05) is 30.3 Å². The van der Waals surface area contributed by atoms with Crippen molar-refractivity contribution in [1.82, 2.24) is 4.90 Å². The van der Waals surface area contributed by atoms with Crippen LogP contribution in [0.2, 0.25) is 0 Å². The Morgan fingerprint density at radius 3 is 2.21 bits per heavy atom. The first-order valence-electron chi connectivity index (χ1n) is 8.67. The van der Waals surface area contributed by atoms with Gasteiger partial charge in [0.1, 0.15) is 0 Å². The van der Waals surface area contributed by atoms with E-state index in [0.29, 0.717) is 11.3 Å². The number of anilines is 1. The minimum absolute atomic E-state index is 0.116. The molecule has 0 atom stereocenters. The zero-order valence-electron chi connectivity index (χ0n) is 15.3. The molecular weight excluding hydrogens is 373 g/mol. The Balaban J connectivity index is 2.05. The molecule has 0 saturated heterocycles. The third-order valence-corrected chi connectivity index (χ3v) is 3.77. The quantitative estimate of drug-likeness (QED) is 0.694. The van der Waals surface area contributed by atoms with Crippen LogP contribution >= 0.6 is 0 Å². The fraction of sp³-hybridized carbons (Fsp3) is 0.300. The zero-order chi connectivity index (χ0) is 20.6. The minimum Gasteiger partial charge on any atom is -0.465 e. The van der Waals surface area contributed by atoms with Crippen LogP contribution in [0.15, 0.2) is 54.6 Å². The standard InChI is InChI=1S/C20H21F3N2O3/c1-2-28-19(27)14-25(13-18(26)24-17-6-4-3-5-7-17)12-15-8-10-16(11-9-15)20(21,22)23/h3-11H,2,12-14H2,1H3,(H,24,26). The summed E-state index contributed by atoms with van der Waals surface area (Å²) in [6, 6.07) is 13.4. The summed E-state index contributed by atoms with van der Waals surface area (Å²) < 4.78 is 43.0. The van der Waals surface area contributed by atoms with Crippen LogP contribution in [0.25, 0.3) is 0 Å². The van der Waals surface area contributed by atoms with Crippen LogP contribution in [0.5, 0.6) is 0 Å². The normalized spacial score (nSPS) is 11.3. The predicted octanol–water partition coefficient (Wildman–Crippen LogP) is 3.71. The number of nitrogens with zero attached hydrogens (tertiary/aromatic N) is 1. The van der Waals surface area contributed by atoms with E-state index in [2.05, 4.69) is 5.32 Å². The number of rotatable bonds is 8. The first-order valence-corrected chi connectivity index (χ1v) is 8.67. The van der Waals surface area contributed by atoms with E-state index in [0.717, 1.165) is 12.1 Å². The van der Waals surface area contributed by atoms with E-state index in [-0.39, 0.29) is 32.1 Å². The first-order chi connectivity index (χ1) is 13.3. The van der Waals surface area contributed by atoms with Crippen LogP contribution < -0.4 is 5.32 Å². The number of nitrogens with one attached hydrogen (secondary N) is 1. The van der Waals surface area contributed by atoms with Crippen LogP contribution in [-0.4, -0.2) is 36.5 Å². The number of alkyl halides is 3. The smallest absolute Gasteiger partial charge is 0.416 e. The maximum Gasteiger partial charge on any atom is 0.416 e. The van der Waals surface area contributed by atoms with Gasteiger partial charge in [0.15, 0.2) is 0 Å². The molecule has 2 aromatic rings. The summed E-state index contributed by atoms with van der Waals surface area (Å²) in [7, 11) is 0. The Labute approximate surface area is 161 Å². The van der Waals surface area contributed by atoms with Gasteiger partial charge in [-0.2, -0.15) is 13.2 Å². The number of para-hydroxylation sites is 1. The number of ether oxygens (including phenoxy) is 1. The molecule has 0 aliphatic carbocycles. The Bertz CT molecular complexity index is 778. The number of benzene rings is 2. The van der Waals surface area contributed by atoms with Gasteiger partial charge in [-0.25, -0.2) is 0 Å². The van der Waals surface area contributed by atoms with E-state index in [4.69, 9.17) is 4.74 Å². The molecule has 2 rings (SSSR count). The van der Waals surface area contributed by atoms with Crippen LogP contribution in [-0.2, 0) is 27.0 Å². The van der Waals surface area contributed by atoms with Crippen LogP contribution in [0.4, 0.5) is 18.9 Å². The third-order valence-electron chi connectivity index (χ3n) is 3.77. The highest BCUT2D eigenvalue weighted by atomic mass is 19.4. The second kappa shape index (κ2) is 9.89. The molecule has 0 saturated carbocycles. The molecule has 0 fully saturated rings. The van der Waals surface area contributed by atoms with Gasteiger partial charge in [-0.15, -0.1) is 0 Å². The van der Waals surface area contributed by atoms with Crippen molar-refractivity contribution in [2.45, 2.75) is 19.6 Å². The van der Waals surface area contributed by atoms with E-state index in [1.807, 2.05) is 6.07 Å². The highest BCUT2D eigenvalue weighted by Gasteiger charge is 2.30. The van der Waals surface area contributed by atoms with Crippen molar-refractivity contribution in [1.29, 1.82) is 0 Å². The van der Waals surface area contributed by atoms with Crippen molar-refractivity contribution >= 4 is 17.6 Å². The van der Waals surface area contributed by atoms with Crippen LogP contribution in [0.3, 0.4) is 0 Å². The molecule has 8 heteroatoms. The van der Waals surface area contributed by atoms with Gasteiger partial charge in [-0.05, 0) is 36.8 Å². The zero-order valence-corrected chi connectivity index (χ0v) is 15.3. The Morgan fingerprint density at radius 1 is 1.00 bits per heavy atom. The lowest BCUT2D eigenvalue weighted by Gasteiger charge is -2.21. The van der Waals surface area contributed by atoms with Crippen molar-refractivity contribution in [3.8, 4) is 0 Å². The molecular formula is C20H21F3N2O3. The Hall–Kier alpha value is -2.87. The van der Waals surface area contributed by atoms with Gasteiger partial charge >= 0.3 is 12.1 Å². The minimum atomic E-state index is -4.42. The van der Waals surface area contributed by atoms with E-state index < -0.39 is 17.7 Å². The summed E-state index contributed by atoms with van der Waals surface area (Å²) >= 11 is 0. The van der Waals surface area contributed by atoms with Gasteiger partial charge in [0.2, 0.25) is 5.91 Å². The summed E-state index contributed by atoms with van der Waals surface area (Å²) in [6.45, 7) is 1.72. The fourth-order valence-electron chi connectivity index (χ4n) is 2.54. The average molecular weight is 394 g/mol. The lowest BCUT2D eigenvalue weighted by molar-refractivity contribution is -0.144. The van der Waals surface area contributed by atoms with E-state index in [1.54, 1.807) is 31.2 Å². The van der Waals surface area contributed by atoms with Gasteiger partial charge in [-0.3, -0.25) is 14.5 Å². The Kier molecular flexibility index (Phi) is 7.57. The number of amides is 1. The van der Waals surface area contributed by atoms with Crippen molar-refractivity contribution in [3.05, 3.63) is 65.7 Å². The van der Waals surface area contributed by atoms with Gasteiger partial charge < -0.3 is 10.1 Å². The Morgan fingerprint density at radius 2 is 1.64 bits per heavy atom. The lowest BCUT2D eigenvalue weighted by atomic mass is 10.1. The summed E-state index contributed by atoms with van der Waals surface area (Å²) in [4.78, 5) is 25.6. The molecule has 28 heavy (non-hydrogen) atoms. The predicted molar refractivity (Wildman–Crippen MR) is 98.4 cm³/mol. The molecule has 5 nitrogen and oxygen atoms in total. The summed E-state index contributed by atoms with van der Waals surface area (Å²) in [5.41, 5.74) is 0.401. The van der Waals surface area contributed by atoms with Crippen LogP contribution in [0.1, 0.15) is 18.1 Å². The van der Waals surface area contributed by atoms with Crippen molar-refractivity contribution in [2.24, 2.45) is 0 Å². The number of halogens is 3. The molecule has 150 valence electrons. The van der Waals surface area contributed by atoms with E-state index in [1.165, 1.54) is 17.0 Å². The number of esters is 1. The molecule has 0 radical (unpaired) electrons. The second-order valence-electron chi connectivity index (χ2n) is 6.06. The molecule has 2 aromatic carbocycles. The molecule has 0 bridgehead atoms. The third kappa shape index (κ3) is 7.03. The second-order valence-corrected chi connectivity index (χ2v) is 6.06. The first kappa shape index (κ1) is 21.4. The van der Waals surface area contributed by atoms with E-state index >= 15 is 0 Å². The van der Waals surface area contributed by atoms with E-state index in [9.17, 15) is 22.8 Å². The molecule has 0 heterocycles. The SMILES string of the molecule is CCOC(=O)CN(CC(=O)Nc1ccccc1)Cc1ccc(C(F)(F)F)cc1. The largest absolute Gasteiger partial charge is 0.465 e. The molecule has 0 aromatic heterocycles. The molecule has 0 spiro atoms. The maximum atomic E-state index is 12.7. The fourth-order valence-corrected chi connectivity index (χ4v) is 2.54. The lowest BCUT2D eigenvalue weighted by Crippen LogP contribution is -2.37. The highest BCUT2D eigenvalue weighted by Crippen LogP contribution is 2.29. The topological polar surface area (TPSA) is 58.6 Å². The average Bonchev–Trinajstić information content (AvgIpc) is 2.62. The molecule has 1 N–H and O–H groups in total.